The van der Waals surface area contributed by atoms with Crippen LogP contribution in [0.4, 0.5) is 4.39 Å². The van der Waals surface area contributed by atoms with Gasteiger partial charge < -0.3 is 9.53 Å². The first-order valence-electron chi connectivity index (χ1n) is 5.79. The number of ether oxygens (including phenoxy) is 1. The topological polar surface area (TPSA) is 26.3 Å². The van der Waals surface area contributed by atoms with Crippen molar-refractivity contribution in [3.05, 3.63) is 28.0 Å². The molecule has 1 saturated carbocycles. The highest BCUT2D eigenvalue weighted by atomic mass is 79.9. The molecular formula is C13H14BrFO2. The van der Waals surface area contributed by atoms with Gasteiger partial charge >= 0.3 is 0 Å². The van der Waals surface area contributed by atoms with Gasteiger partial charge in [-0.2, -0.15) is 0 Å². The van der Waals surface area contributed by atoms with E-state index in [9.17, 15) is 9.18 Å². The summed E-state index contributed by atoms with van der Waals surface area (Å²) in [5.41, 5.74) is 0.357. The van der Waals surface area contributed by atoms with E-state index in [0.29, 0.717) is 22.1 Å². The number of rotatable bonds is 4. The molecule has 0 atom stereocenters. The second kappa shape index (κ2) is 5.63. The van der Waals surface area contributed by atoms with Gasteiger partial charge in [0.15, 0.2) is 0 Å². The van der Waals surface area contributed by atoms with Gasteiger partial charge in [-0.25, -0.2) is 4.39 Å². The maximum Gasteiger partial charge on any atom is 0.131 e. The zero-order chi connectivity index (χ0) is 12.3. The van der Waals surface area contributed by atoms with Crippen LogP contribution in [0.15, 0.2) is 16.6 Å². The van der Waals surface area contributed by atoms with E-state index in [-0.39, 0.29) is 18.3 Å². The molecule has 0 saturated heterocycles. The predicted octanol–water partition coefficient (Wildman–Crippen LogP) is 3.65. The number of aldehydes is 1. The third kappa shape index (κ3) is 3.06. The summed E-state index contributed by atoms with van der Waals surface area (Å²) in [7, 11) is 0. The minimum Gasteiger partial charge on any atom is -0.490 e. The second-order valence-corrected chi connectivity index (χ2v) is 5.18. The van der Waals surface area contributed by atoms with Crippen molar-refractivity contribution in [1.82, 2.24) is 0 Å². The summed E-state index contributed by atoms with van der Waals surface area (Å²) < 4.78 is 20.1. The molecule has 1 fully saturated rings. The molecule has 0 spiro atoms. The first kappa shape index (κ1) is 12.6. The minimum atomic E-state index is -0.389. The number of halogens is 2. The molecule has 0 unspecified atom stereocenters. The van der Waals surface area contributed by atoms with Crippen LogP contribution in [0.3, 0.4) is 0 Å². The summed E-state index contributed by atoms with van der Waals surface area (Å²) in [6.07, 6.45) is 5.25. The van der Waals surface area contributed by atoms with Gasteiger partial charge in [-0.15, -0.1) is 0 Å². The van der Waals surface area contributed by atoms with Crippen LogP contribution in [0.25, 0.3) is 0 Å². The molecule has 0 aliphatic heterocycles. The molecule has 0 amide bonds. The Labute approximate surface area is 108 Å². The molecule has 1 aliphatic rings. The normalized spacial score (nSPS) is 16.1. The summed E-state index contributed by atoms with van der Waals surface area (Å²) in [4.78, 5) is 10.6. The summed E-state index contributed by atoms with van der Waals surface area (Å²) in [5, 5.41) is 0. The van der Waals surface area contributed by atoms with Crippen molar-refractivity contribution in [2.75, 3.05) is 0 Å². The van der Waals surface area contributed by atoms with Gasteiger partial charge in [0, 0.05) is 16.5 Å². The summed E-state index contributed by atoms with van der Waals surface area (Å²) in [5.74, 6) is 0.107. The van der Waals surface area contributed by atoms with Crippen molar-refractivity contribution in [1.29, 1.82) is 0 Å². The molecule has 4 heteroatoms. The van der Waals surface area contributed by atoms with Gasteiger partial charge in [0.1, 0.15) is 17.9 Å². The van der Waals surface area contributed by atoms with E-state index in [1.54, 1.807) is 6.07 Å². The SMILES string of the molecule is O=CCc1c(F)cc(Br)cc1OC1CCCC1. The first-order valence-corrected chi connectivity index (χ1v) is 6.58. The predicted molar refractivity (Wildman–Crippen MR) is 66.8 cm³/mol. The van der Waals surface area contributed by atoms with Crippen molar-refractivity contribution in [3.63, 3.8) is 0 Å². The van der Waals surface area contributed by atoms with Gasteiger partial charge in [-0.3, -0.25) is 0 Å². The number of carbonyl (C=O) groups excluding carboxylic acids is 1. The van der Waals surface area contributed by atoms with Crippen molar-refractivity contribution < 1.29 is 13.9 Å². The van der Waals surface area contributed by atoms with Crippen LogP contribution in [0, 0.1) is 5.82 Å². The molecule has 0 radical (unpaired) electrons. The minimum absolute atomic E-state index is 0.0567. The Bertz CT molecular complexity index is 414. The Hall–Kier alpha value is -0.900. The van der Waals surface area contributed by atoms with E-state index in [1.807, 2.05) is 0 Å². The lowest BCUT2D eigenvalue weighted by atomic mass is 10.1. The van der Waals surface area contributed by atoms with E-state index in [4.69, 9.17) is 4.74 Å². The van der Waals surface area contributed by atoms with E-state index >= 15 is 0 Å². The molecule has 0 heterocycles. The van der Waals surface area contributed by atoms with Crippen LogP contribution < -0.4 is 4.74 Å². The average molecular weight is 301 g/mol. The first-order chi connectivity index (χ1) is 8.20. The molecule has 1 aliphatic carbocycles. The van der Waals surface area contributed by atoms with E-state index in [1.165, 1.54) is 6.07 Å². The standard InChI is InChI=1S/C13H14BrFO2/c14-9-7-12(15)11(5-6-16)13(8-9)17-10-3-1-2-4-10/h6-8,10H,1-5H2. The molecule has 0 bridgehead atoms. The lowest BCUT2D eigenvalue weighted by Crippen LogP contribution is -2.13. The van der Waals surface area contributed by atoms with Gasteiger partial charge in [-0.1, -0.05) is 15.9 Å². The second-order valence-electron chi connectivity index (χ2n) is 4.26. The number of hydrogen-bond acceptors (Lipinski definition) is 2. The van der Waals surface area contributed by atoms with Crippen molar-refractivity contribution in [3.8, 4) is 5.75 Å². The molecule has 2 nitrogen and oxygen atoms in total. The Morgan fingerprint density at radius 3 is 2.76 bits per heavy atom. The zero-order valence-electron chi connectivity index (χ0n) is 9.42. The maximum absolute atomic E-state index is 13.7. The van der Waals surface area contributed by atoms with Crippen molar-refractivity contribution >= 4 is 22.2 Å². The fourth-order valence-electron chi connectivity index (χ4n) is 2.15. The summed E-state index contributed by atoms with van der Waals surface area (Å²) >= 11 is 3.24. The highest BCUT2D eigenvalue weighted by molar-refractivity contribution is 9.10. The molecule has 2 rings (SSSR count). The Morgan fingerprint density at radius 1 is 1.41 bits per heavy atom. The molecular weight excluding hydrogens is 287 g/mol. The van der Waals surface area contributed by atoms with Gasteiger partial charge in [0.25, 0.3) is 0 Å². The number of carbonyl (C=O) groups is 1. The maximum atomic E-state index is 13.7. The summed E-state index contributed by atoms with van der Waals surface area (Å²) in [6, 6.07) is 3.10. The van der Waals surface area contributed by atoms with E-state index in [2.05, 4.69) is 15.9 Å². The zero-order valence-corrected chi connectivity index (χ0v) is 11.0. The van der Waals surface area contributed by atoms with Crippen LogP contribution in [0.1, 0.15) is 31.2 Å². The third-order valence-corrected chi connectivity index (χ3v) is 3.46. The number of hydrogen-bond donors (Lipinski definition) is 0. The highest BCUT2D eigenvalue weighted by Gasteiger charge is 2.19. The largest absolute Gasteiger partial charge is 0.490 e. The van der Waals surface area contributed by atoms with Crippen molar-refractivity contribution in [2.45, 2.75) is 38.2 Å². The lowest BCUT2D eigenvalue weighted by molar-refractivity contribution is -0.107. The van der Waals surface area contributed by atoms with E-state index in [0.717, 1.165) is 25.7 Å². The number of benzene rings is 1. The van der Waals surface area contributed by atoms with Gasteiger partial charge in [0.2, 0.25) is 0 Å². The van der Waals surface area contributed by atoms with Gasteiger partial charge in [-0.05, 0) is 37.8 Å². The fraction of sp³-hybridized carbons (Fsp3) is 0.462. The van der Waals surface area contributed by atoms with Crippen LogP contribution in [0.2, 0.25) is 0 Å². The molecule has 0 N–H and O–H groups in total. The van der Waals surface area contributed by atoms with Crippen LogP contribution in [-0.4, -0.2) is 12.4 Å². The quantitative estimate of drug-likeness (QED) is 0.794. The molecule has 1 aromatic carbocycles. The molecule has 0 aromatic heterocycles. The molecule has 92 valence electrons. The Morgan fingerprint density at radius 2 is 2.12 bits per heavy atom. The Kier molecular flexibility index (Phi) is 4.15. The lowest BCUT2D eigenvalue weighted by Gasteiger charge is -2.16. The fourth-order valence-corrected chi connectivity index (χ4v) is 2.56. The van der Waals surface area contributed by atoms with Crippen molar-refractivity contribution in [2.24, 2.45) is 0 Å². The third-order valence-electron chi connectivity index (χ3n) is 3.00. The smallest absolute Gasteiger partial charge is 0.131 e. The van der Waals surface area contributed by atoms with E-state index < -0.39 is 0 Å². The highest BCUT2D eigenvalue weighted by Crippen LogP contribution is 2.31. The van der Waals surface area contributed by atoms with Crippen LogP contribution >= 0.6 is 15.9 Å². The van der Waals surface area contributed by atoms with Gasteiger partial charge in [0.05, 0.1) is 6.10 Å². The Balaban J connectivity index is 2.25. The molecule has 17 heavy (non-hydrogen) atoms. The van der Waals surface area contributed by atoms with Crippen LogP contribution in [0.5, 0.6) is 5.75 Å². The summed E-state index contributed by atoms with van der Waals surface area (Å²) in [6.45, 7) is 0. The van der Waals surface area contributed by atoms with Crippen LogP contribution in [-0.2, 0) is 11.2 Å². The average Bonchev–Trinajstić information content (AvgIpc) is 2.76. The monoisotopic (exact) mass is 300 g/mol. The molecule has 1 aromatic rings.